The van der Waals surface area contributed by atoms with Crippen molar-refractivity contribution in [2.75, 3.05) is 0 Å². The minimum atomic E-state index is -4.33. The number of alkyl halides is 3. The van der Waals surface area contributed by atoms with E-state index in [4.69, 9.17) is 0 Å². The molecule has 0 saturated carbocycles. The van der Waals surface area contributed by atoms with E-state index in [1.807, 2.05) is 34.6 Å². The lowest BCUT2D eigenvalue weighted by Crippen LogP contribution is -2.42. The van der Waals surface area contributed by atoms with E-state index in [1.165, 1.54) is 6.07 Å². The van der Waals surface area contributed by atoms with Gasteiger partial charge in [-0.25, -0.2) is 0 Å². The van der Waals surface area contributed by atoms with E-state index in [-0.39, 0.29) is 12.0 Å². The number of thiophene rings is 1. The molecule has 0 aliphatic rings. The molecule has 0 fully saturated rings. The molecule has 1 aromatic heterocycles. The standard InChI is InChI=1S/C13H20F3NOS2/c1-8(2)11(17-20(18)12(3,4)5)9-6-7-10(19-9)13(14,15)16/h6-8,11,17H,1-5H3/t11-,20?/m0/s1. The van der Waals surface area contributed by atoms with Crippen molar-refractivity contribution in [3.8, 4) is 0 Å². The Morgan fingerprint density at radius 3 is 2.10 bits per heavy atom. The predicted molar refractivity (Wildman–Crippen MR) is 77.9 cm³/mol. The second-order valence-corrected chi connectivity index (χ2v) is 9.03. The second-order valence-electron chi connectivity index (χ2n) is 5.92. The topological polar surface area (TPSA) is 35.1 Å². The van der Waals surface area contributed by atoms with E-state index in [1.54, 1.807) is 0 Å². The minimum Gasteiger partial charge on any atom is -0.598 e. The summed E-state index contributed by atoms with van der Waals surface area (Å²) >= 11 is -0.618. The summed E-state index contributed by atoms with van der Waals surface area (Å²) < 4.78 is 52.6. The van der Waals surface area contributed by atoms with Crippen molar-refractivity contribution in [2.24, 2.45) is 5.92 Å². The van der Waals surface area contributed by atoms with Gasteiger partial charge in [0.2, 0.25) is 0 Å². The second kappa shape index (κ2) is 6.25. The van der Waals surface area contributed by atoms with Crippen molar-refractivity contribution in [3.63, 3.8) is 0 Å². The molecular formula is C13H20F3NOS2. The highest BCUT2D eigenvalue weighted by Crippen LogP contribution is 2.38. The van der Waals surface area contributed by atoms with Gasteiger partial charge >= 0.3 is 6.18 Å². The molecule has 2 atom stereocenters. The van der Waals surface area contributed by atoms with Gasteiger partial charge < -0.3 is 4.55 Å². The molecule has 0 spiro atoms. The lowest BCUT2D eigenvalue weighted by atomic mass is 10.0. The Kier molecular flexibility index (Phi) is 5.57. The van der Waals surface area contributed by atoms with Gasteiger partial charge in [0.05, 0.1) is 6.04 Å². The first-order valence-electron chi connectivity index (χ1n) is 6.28. The summed E-state index contributed by atoms with van der Waals surface area (Å²) in [6.45, 7) is 9.25. The van der Waals surface area contributed by atoms with Crippen LogP contribution in [0.2, 0.25) is 0 Å². The highest BCUT2D eigenvalue weighted by Gasteiger charge is 2.35. The van der Waals surface area contributed by atoms with E-state index in [0.29, 0.717) is 16.2 Å². The van der Waals surface area contributed by atoms with Crippen LogP contribution < -0.4 is 4.72 Å². The van der Waals surface area contributed by atoms with Gasteiger partial charge in [-0.2, -0.15) is 13.2 Å². The van der Waals surface area contributed by atoms with Crippen molar-refractivity contribution in [3.05, 3.63) is 21.9 Å². The van der Waals surface area contributed by atoms with E-state index in [9.17, 15) is 17.7 Å². The first kappa shape index (κ1) is 17.8. The maximum Gasteiger partial charge on any atom is 0.425 e. The molecule has 1 rings (SSSR count). The largest absolute Gasteiger partial charge is 0.598 e. The van der Waals surface area contributed by atoms with Crippen molar-refractivity contribution < 1.29 is 17.7 Å². The molecule has 1 heterocycles. The fraction of sp³-hybridized carbons (Fsp3) is 0.692. The molecule has 0 aliphatic carbocycles. The average molecular weight is 327 g/mol. The van der Waals surface area contributed by atoms with E-state index in [0.717, 1.165) is 6.07 Å². The third-order valence-electron chi connectivity index (χ3n) is 2.67. The number of hydrogen-bond donors (Lipinski definition) is 1. The Balaban J connectivity index is 2.95. The normalized spacial score (nSPS) is 16.5. The van der Waals surface area contributed by atoms with Gasteiger partial charge in [0.1, 0.15) is 9.62 Å². The van der Waals surface area contributed by atoms with Gasteiger partial charge in [-0.3, -0.25) is 0 Å². The molecule has 7 heteroatoms. The zero-order chi connectivity index (χ0) is 15.7. The first-order chi connectivity index (χ1) is 8.93. The molecule has 0 saturated heterocycles. The number of hydrogen-bond acceptors (Lipinski definition) is 3. The van der Waals surface area contributed by atoms with Gasteiger partial charge in [-0.1, -0.05) is 13.8 Å². The molecule has 2 nitrogen and oxygen atoms in total. The lowest BCUT2D eigenvalue weighted by Gasteiger charge is -2.29. The molecule has 20 heavy (non-hydrogen) atoms. The third kappa shape index (κ3) is 4.65. The Morgan fingerprint density at radius 2 is 1.75 bits per heavy atom. The van der Waals surface area contributed by atoms with Crippen LogP contribution in [0.3, 0.4) is 0 Å². The summed E-state index contributed by atoms with van der Waals surface area (Å²) in [5.74, 6) is 0.0426. The maximum absolute atomic E-state index is 12.6. The van der Waals surface area contributed by atoms with Gasteiger partial charge in [-0.15, -0.1) is 16.1 Å². The smallest absolute Gasteiger partial charge is 0.425 e. The average Bonchev–Trinajstić information content (AvgIpc) is 2.71. The van der Waals surface area contributed by atoms with Crippen LogP contribution in [0.25, 0.3) is 0 Å². The van der Waals surface area contributed by atoms with Gasteiger partial charge in [0.25, 0.3) is 0 Å². The fourth-order valence-corrected chi connectivity index (χ4v) is 3.64. The van der Waals surface area contributed by atoms with Crippen LogP contribution in [0.15, 0.2) is 12.1 Å². The Labute approximate surface area is 125 Å². The predicted octanol–water partition coefficient (Wildman–Crippen LogP) is 4.52. The highest BCUT2D eigenvalue weighted by molar-refractivity contribution is 7.90. The molecule has 0 aliphatic heterocycles. The van der Waals surface area contributed by atoms with Crippen LogP contribution in [-0.2, 0) is 17.5 Å². The molecule has 116 valence electrons. The molecule has 0 bridgehead atoms. The van der Waals surface area contributed by atoms with Crippen molar-refractivity contribution >= 4 is 22.7 Å². The Bertz CT molecular complexity index is 438. The summed E-state index contributed by atoms with van der Waals surface area (Å²) in [5.41, 5.74) is 0. The summed E-state index contributed by atoms with van der Waals surface area (Å²) in [7, 11) is 0. The highest BCUT2D eigenvalue weighted by atomic mass is 32.2. The molecule has 0 amide bonds. The van der Waals surface area contributed by atoms with Gasteiger partial charge in [-0.05, 0) is 38.8 Å². The van der Waals surface area contributed by atoms with Crippen LogP contribution in [0, 0.1) is 5.92 Å². The van der Waals surface area contributed by atoms with Crippen molar-refractivity contribution in [1.82, 2.24) is 4.72 Å². The monoisotopic (exact) mass is 327 g/mol. The fourth-order valence-electron chi connectivity index (χ4n) is 1.49. The quantitative estimate of drug-likeness (QED) is 0.826. The number of halogens is 3. The first-order valence-corrected chi connectivity index (χ1v) is 8.24. The molecule has 1 aromatic rings. The number of rotatable bonds is 4. The molecular weight excluding hydrogens is 307 g/mol. The molecule has 1 unspecified atom stereocenters. The molecule has 0 aromatic carbocycles. The van der Waals surface area contributed by atoms with Gasteiger partial charge in [0, 0.05) is 16.2 Å². The molecule has 1 N–H and O–H groups in total. The summed E-state index contributed by atoms with van der Waals surface area (Å²) in [6, 6.07) is 2.19. The summed E-state index contributed by atoms with van der Waals surface area (Å²) in [6.07, 6.45) is -4.33. The van der Waals surface area contributed by atoms with Crippen LogP contribution in [0.5, 0.6) is 0 Å². The van der Waals surface area contributed by atoms with Crippen LogP contribution in [0.4, 0.5) is 13.2 Å². The number of nitrogens with one attached hydrogen (secondary N) is 1. The van der Waals surface area contributed by atoms with Crippen LogP contribution >= 0.6 is 11.3 Å². The maximum atomic E-state index is 12.6. The SMILES string of the molecule is CC(C)[C@H](N[S+]([O-])C(C)(C)C)c1ccc(C(F)(F)F)s1. The molecule has 0 radical (unpaired) electrons. The zero-order valence-corrected chi connectivity index (χ0v) is 13.8. The minimum absolute atomic E-state index is 0.0426. The zero-order valence-electron chi connectivity index (χ0n) is 12.2. The van der Waals surface area contributed by atoms with E-state index >= 15 is 0 Å². The van der Waals surface area contributed by atoms with Gasteiger partial charge in [0.15, 0.2) is 0 Å². The van der Waals surface area contributed by atoms with Crippen LogP contribution in [-0.4, -0.2) is 9.30 Å². The van der Waals surface area contributed by atoms with E-state index < -0.39 is 27.2 Å². The van der Waals surface area contributed by atoms with Crippen molar-refractivity contribution in [1.29, 1.82) is 0 Å². The van der Waals surface area contributed by atoms with Crippen molar-refractivity contribution in [2.45, 2.75) is 51.6 Å². The summed E-state index contributed by atoms with van der Waals surface area (Å²) in [4.78, 5) is -0.0635. The third-order valence-corrected chi connectivity index (χ3v) is 5.46. The van der Waals surface area contributed by atoms with E-state index in [2.05, 4.69) is 4.72 Å². The lowest BCUT2D eigenvalue weighted by molar-refractivity contribution is -0.134. The van der Waals surface area contributed by atoms with Crippen LogP contribution in [0.1, 0.15) is 50.4 Å². The summed E-state index contributed by atoms with van der Waals surface area (Å²) in [5, 5.41) is 0. The Hall–Kier alpha value is -0.240. The Morgan fingerprint density at radius 1 is 1.20 bits per heavy atom.